The van der Waals surface area contributed by atoms with E-state index in [9.17, 15) is 4.79 Å². The first-order valence-corrected chi connectivity index (χ1v) is 5.81. The second-order valence-electron chi connectivity index (χ2n) is 4.64. The lowest BCUT2D eigenvalue weighted by Crippen LogP contribution is -2.18. The van der Waals surface area contributed by atoms with Crippen molar-refractivity contribution in [2.45, 2.75) is 20.8 Å². The third kappa shape index (κ3) is 2.46. The van der Waals surface area contributed by atoms with Crippen LogP contribution >= 0.6 is 0 Å². The highest BCUT2D eigenvalue weighted by Gasteiger charge is 2.04. The van der Waals surface area contributed by atoms with E-state index in [-0.39, 0.29) is 5.56 Å². The largest absolute Gasteiger partial charge is 0.370 e. The van der Waals surface area contributed by atoms with E-state index in [0.717, 1.165) is 12.1 Å². The molecule has 0 atom stereocenters. The van der Waals surface area contributed by atoms with Gasteiger partial charge in [-0.05, 0) is 24.5 Å². The van der Waals surface area contributed by atoms with Crippen LogP contribution in [0.1, 0.15) is 19.4 Å². The Balaban J connectivity index is 2.47. The van der Waals surface area contributed by atoms with E-state index < -0.39 is 0 Å². The Labute approximate surface area is 100 Å². The Kier molecular flexibility index (Phi) is 3.13. The van der Waals surface area contributed by atoms with E-state index in [1.807, 2.05) is 19.1 Å². The van der Waals surface area contributed by atoms with Crippen LogP contribution < -0.4 is 10.9 Å². The molecular weight excluding hydrogens is 214 g/mol. The average Bonchev–Trinajstić information content (AvgIpc) is 2.28. The van der Waals surface area contributed by atoms with Gasteiger partial charge in [0.1, 0.15) is 11.5 Å². The minimum absolute atomic E-state index is 0.0510. The molecule has 0 unspecified atom stereocenters. The molecule has 0 aromatic carbocycles. The number of aryl methyl sites for hydroxylation is 1. The molecule has 0 spiro atoms. The van der Waals surface area contributed by atoms with Gasteiger partial charge in [0.2, 0.25) is 0 Å². The van der Waals surface area contributed by atoms with Crippen molar-refractivity contribution in [3.8, 4) is 0 Å². The summed E-state index contributed by atoms with van der Waals surface area (Å²) in [5, 5.41) is 3.18. The Morgan fingerprint density at radius 2 is 2.24 bits per heavy atom. The van der Waals surface area contributed by atoms with Gasteiger partial charge in [0.25, 0.3) is 5.56 Å². The molecule has 0 saturated heterocycles. The Bertz CT molecular complexity index is 587. The fourth-order valence-corrected chi connectivity index (χ4v) is 1.66. The van der Waals surface area contributed by atoms with Crippen LogP contribution in [0.15, 0.2) is 29.2 Å². The molecular formula is C13H17N3O. The molecule has 0 aliphatic carbocycles. The van der Waals surface area contributed by atoms with E-state index in [1.165, 1.54) is 6.07 Å². The number of pyridine rings is 1. The summed E-state index contributed by atoms with van der Waals surface area (Å²) >= 11 is 0. The minimum atomic E-state index is -0.0510. The van der Waals surface area contributed by atoms with Gasteiger partial charge in [-0.15, -0.1) is 0 Å². The third-order valence-corrected chi connectivity index (χ3v) is 2.58. The Morgan fingerprint density at radius 3 is 2.94 bits per heavy atom. The number of rotatable bonds is 3. The first-order chi connectivity index (χ1) is 8.08. The predicted octanol–water partition coefficient (Wildman–Crippen LogP) is 2.07. The number of nitrogens with one attached hydrogen (secondary N) is 1. The summed E-state index contributed by atoms with van der Waals surface area (Å²) in [6.45, 7) is 7.00. The maximum absolute atomic E-state index is 11.9. The van der Waals surface area contributed by atoms with Crippen LogP contribution in [0.3, 0.4) is 0 Å². The summed E-state index contributed by atoms with van der Waals surface area (Å²) in [6, 6.07) is 5.34. The molecule has 2 aromatic heterocycles. The van der Waals surface area contributed by atoms with Gasteiger partial charge < -0.3 is 5.32 Å². The molecule has 90 valence electrons. The van der Waals surface area contributed by atoms with Gasteiger partial charge in [-0.3, -0.25) is 9.20 Å². The van der Waals surface area contributed by atoms with E-state index in [0.29, 0.717) is 17.4 Å². The van der Waals surface area contributed by atoms with Crippen LogP contribution in [-0.2, 0) is 0 Å². The van der Waals surface area contributed by atoms with Crippen molar-refractivity contribution in [3.05, 3.63) is 40.3 Å². The van der Waals surface area contributed by atoms with E-state index in [1.54, 1.807) is 10.6 Å². The number of hydrogen-bond donors (Lipinski definition) is 1. The van der Waals surface area contributed by atoms with Gasteiger partial charge in [-0.1, -0.05) is 19.9 Å². The van der Waals surface area contributed by atoms with Crippen molar-refractivity contribution in [2.75, 3.05) is 11.9 Å². The van der Waals surface area contributed by atoms with Gasteiger partial charge in [-0.2, -0.15) is 0 Å². The highest BCUT2D eigenvalue weighted by molar-refractivity contribution is 5.51. The van der Waals surface area contributed by atoms with Crippen molar-refractivity contribution in [3.63, 3.8) is 0 Å². The molecule has 2 heterocycles. The number of aromatic nitrogens is 2. The highest BCUT2D eigenvalue weighted by Crippen LogP contribution is 2.08. The summed E-state index contributed by atoms with van der Waals surface area (Å²) in [6.07, 6.45) is 1.74. The molecule has 1 N–H and O–H groups in total. The molecule has 4 heteroatoms. The third-order valence-electron chi connectivity index (χ3n) is 2.58. The molecule has 0 amide bonds. The summed E-state index contributed by atoms with van der Waals surface area (Å²) in [5.41, 5.74) is 1.66. The SMILES string of the molecule is Cc1cccn2c(=O)cc(NCC(C)C)nc12. The molecule has 0 aliphatic heterocycles. The van der Waals surface area contributed by atoms with Crippen molar-refractivity contribution < 1.29 is 0 Å². The fourth-order valence-electron chi connectivity index (χ4n) is 1.66. The molecule has 0 aliphatic rings. The standard InChI is InChI=1S/C13H17N3O/c1-9(2)8-14-11-7-12(17)16-6-4-5-10(3)13(16)15-11/h4-7,9,14H,8H2,1-3H3. The number of hydrogen-bond acceptors (Lipinski definition) is 3. The second kappa shape index (κ2) is 4.57. The van der Waals surface area contributed by atoms with Gasteiger partial charge in [0.05, 0.1) is 0 Å². The van der Waals surface area contributed by atoms with Gasteiger partial charge >= 0.3 is 0 Å². The summed E-state index contributed by atoms with van der Waals surface area (Å²) in [4.78, 5) is 16.3. The van der Waals surface area contributed by atoms with Crippen molar-refractivity contribution in [1.29, 1.82) is 0 Å². The van der Waals surface area contributed by atoms with Crippen LogP contribution in [0.5, 0.6) is 0 Å². The monoisotopic (exact) mass is 231 g/mol. The Morgan fingerprint density at radius 1 is 1.47 bits per heavy atom. The van der Waals surface area contributed by atoms with Crippen LogP contribution in [0.2, 0.25) is 0 Å². The van der Waals surface area contributed by atoms with Crippen LogP contribution in [-0.4, -0.2) is 15.9 Å². The zero-order valence-electron chi connectivity index (χ0n) is 10.4. The maximum Gasteiger partial charge on any atom is 0.259 e. The smallest absolute Gasteiger partial charge is 0.259 e. The topological polar surface area (TPSA) is 46.4 Å². The minimum Gasteiger partial charge on any atom is -0.370 e. The fraction of sp³-hybridized carbons (Fsp3) is 0.385. The highest BCUT2D eigenvalue weighted by atomic mass is 16.1. The quantitative estimate of drug-likeness (QED) is 0.879. The van der Waals surface area contributed by atoms with Gasteiger partial charge in [0.15, 0.2) is 0 Å². The van der Waals surface area contributed by atoms with Crippen LogP contribution in [0.25, 0.3) is 5.65 Å². The molecule has 0 saturated carbocycles. The first kappa shape index (κ1) is 11.6. The molecule has 17 heavy (non-hydrogen) atoms. The normalized spacial score (nSPS) is 11.1. The summed E-state index contributed by atoms with van der Waals surface area (Å²) < 4.78 is 1.57. The number of anilines is 1. The molecule has 2 aromatic rings. The van der Waals surface area contributed by atoms with Crippen molar-refractivity contribution in [1.82, 2.24) is 9.38 Å². The lowest BCUT2D eigenvalue weighted by molar-refractivity contribution is 0.687. The number of fused-ring (bicyclic) bond motifs is 1. The van der Waals surface area contributed by atoms with E-state index in [2.05, 4.69) is 24.1 Å². The molecule has 0 radical (unpaired) electrons. The molecule has 4 nitrogen and oxygen atoms in total. The van der Waals surface area contributed by atoms with Crippen molar-refractivity contribution >= 4 is 11.5 Å². The van der Waals surface area contributed by atoms with Crippen LogP contribution in [0.4, 0.5) is 5.82 Å². The molecule has 2 rings (SSSR count). The number of nitrogens with zero attached hydrogens (tertiary/aromatic N) is 2. The average molecular weight is 231 g/mol. The van der Waals surface area contributed by atoms with Crippen LogP contribution in [0, 0.1) is 12.8 Å². The second-order valence-corrected chi connectivity index (χ2v) is 4.64. The van der Waals surface area contributed by atoms with E-state index in [4.69, 9.17) is 0 Å². The molecule has 0 bridgehead atoms. The summed E-state index contributed by atoms with van der Waals surface area (Å²) in [7, 11) is 0. The zero-order valence-corrected chi connectivity index (χ0v) is 10.4. The van der Waals surface area contributed by atoms with E-state index >= 15 is 0 Å². The summed E-state index contributed by atoms with van der Waals surface area (Å²) in [5.74, 6) is 1.17. The lowest BCUT2D eigenvalue weighted by atomic mass is 10.2. The van der Waals surface area contributed by atoms with Gasteiger partial charge in [-0.25, -0.2) is 4.98 Å². The zero-order chi connectivity index (χ0) is 12.4. The lowest BCUT2D eigenvalue weighted by Gasteiger charge is -2.09. The molecule has 0 fully saturated rings. The maximum atomic E-state index is 11.9. The van der Waals surface area contributed by atoms with Gasteiger partial charge in [0, 0.05) is 18.8 Å². The first-order valence-electron chi connectivity index (χ1n) is 5.81. The predicted molar refractivity (Wildman–Crippen MR) is 69.5 cm³/mol. The van der Waals surface area contributed by atoms with Crippen molar-refractivity contribution in [2.24, 2.45) is 5.92 Å². The Hall–Kier alpha value is -1.84.